The first-order chi connectivity index (χ1) is 11.5. The number of carbonyl (C=O) groups is 1. The molecule has 2 heterocycles. The van der Waals surface area contributed by atoms with E-state index in [0.717, 1.165) is 43.4 Å². The Morgan fingerprint density at radius 2 is 1.75 bits per heavy atom. The van der Waals surface area contributed by atoms with Gasteiger partial charge in [-0.05, 0) is 45.2 Å². The van der Waals surface area contributed by atoms with E-state index in [-0.39, 0.29) is 5.78 Å². The lowest BCUT2D eigenvalue weighted by Crippen LogP contribution is -2.45. The first kappa shape index (κ1) is 16.8. The van der Waals surface area contributed by atoms with Gasteiger partial charge in [-0.15, -0.1) is 0 Å². The first-order valence-corrected chi connectivity index (χ1v) is 8.53. The van der Waals surface area contributed by atoms with Crippen LogP contribution in [-0.2, 0) is 0 Å². The number of benzene rings is 1. The zero-order valence-electron chi connectivity index (χ0n) is 14.3. The van der Waals surface area contributed by atoms with E-state index >= 15 is 0 Å². The molecule has 1 aromatic heterocycles. The molecule has 1 aliphatic rings. The summed E-state index contributed by atoms with van der Waals surface area (Å²) in [7, 11) is 2.11. The van der Waals surface area contributed by atoms with E-state index in [1.807, 2.05) is 41.8 Å². The number of hydrogen-bond acceptors (Lipinski definition) is 5. The lowest BCUT2D eigenvalue weighted by Gasteiger charge is -2.34. The zero-order chi connectivity index (χ0) is 17.3. The van der Waals surface area contributed by atoms with E-state index in [9.17, 15) is 4.79 Å². The van der Waals surface area contributed by atoms with E-state index in [1.54, 1.807) is 6.92 Å². The third-order valence-electron chi connectivity index (χ3n) is 4.48. The van der Waals surface area contributed by atoms with Crippen LogP contribution in [0.5, 0.6) is 0 Å². The third-order valence-corrected chi connectivity index (χ3v) is 4.76. The summed E-state index contributed by atoms with van der Waals surface area (Å²) in [5.74, 6) is 0.749. The molecule has 126 valence electrons. The summed E-state index contributed by atoms with van der Waals surface area (Å²) < 4.78 is 2.36. The highest BCUT2D eigenvalue weighted by molar-refractivity contribution is 7.71. The molecule has 0 radical (unpaired) electrons. The Bertz CT molecular complexity index is 808. The second-order valence-electron chi connectivity index (χ2n) is 6.20. The van der Waals surface area contributed by atoms with Crippen molar-refractivity contribution in [1.29, 1.82) is 0 Å². The van der Waals surface area contributed by atoms with Gasteiger partial charge in [-0.25, -0.2) is 4.98 Å². The van der Waals surface area contributed by atoms with Gasteiger partial charge in [-0.3, -0.25) is 9.36 Å². The van der Waals surface area contributed by atoms with Crippen LogP contribution in [-0.4, -0.2) is 53.5 Å². The largest absolute Gasteiger partial charge is 0.353 e. The highest BCUT2D eigenvalue weighted by Crippen LogP contribution is 2.25. The van der Waals surface area contributed by atoms with Crippen LogP contribution in [0.1, 0.15) is 23.0 Å². The smallest absolute Gasteiger partial charge is 0.206 e. The number of anilines is 1. The van der Waals surface area contributed by atoms with Crippen molar-refractivity contribution < 1.29 is 4.79 Å². The first-order valence-electron chi connectivity index (χ1n) is 8.12. The molecule has 2 aromatic rings. The van der Waals surface area contributed by atoms with E-state index in [1.165, 1.54) is 0 Å². The minimum Gasteiger partial charge on any atom is -0.353 e. The second kappa shape index (κ2) is 6.83. The molecule has 0 spiro atoms. The molecule has 0 saturated carbocycles. The van der Waals surface area contributed by atoms with E-state index in [2.05, 4.69) is 21.8 Å². The molecular weight excluding hydrogens is 320 g/mol. The number of nitrogens with zero attached hydrogens (tertiary/aromatic N) is 4. The van der Waals surface area contributed by atoms with E-state index in [4.69, 9.17) is 12.2 Å². The normalized spacial score (nSPS) is 15.5. The van der Waals surface area contributed by atoms with Gasteiger partial charge in [0.25, 0.3) is 0 Å². The monoisotopic (exact) mass is 342 g/mol. The van der Waals surface area contributed by atoms with Gasteiger partial charge in [0.2, 0.25) is 4.77 Å². The average Bonchev–Trinajstić information content (AvgIpc) is 2.55. The maximum atomic E-state index is 12.4. The fourth-order valence-corrected chi connectivity index (χ4v) is 3.48. The van der Waals surface area contributed by atoms with E-state index < -0.39 is 0 Å². The van der Waals surface area contributed by atoms with Crippen molar-refractivity contribution >= 4 is 23.8 Å². The summed E-state index contributed by atoms with van der Waals surface area (Å²) in [6.45, 7) is 7.17. The molecule has 6 heteroatoms. The molecule has 0 N–H and O–H groups in total. The van der Waals surface area contributed by atoms with Crippen LogP contribution in [0, 0.1) is 11.7 Å². The maximum absolute atomic E-state index is 12.4. The van der Waals surface area contributed by atoms with Crippen LogP contribution in [0.3, 0.4) is 0 Å². The minimum atomic E-state index is 0.0219. The number of aromatic nitrogens is 2. The fourth-order valence-electron chi connectivity index (χ4n) is 3.15. The van der Waals surface area contributed by atoms with Crippen LogP contribution >= 0.6 is 12.2 Å². The summed E-state index contributed by atoms with van der Waals surface area (Å²) in [6, 6.07) is 9.82. The van der Waals surface area contributed by atoms with Gasteiger partial charge in [0, 0.05) is 37.6 Å². The second-order valence-corrected chi connectivity index (χ2v) is 6.56. The van der Waals surface area contributed by atoms with Gasteiger partial charge in [0.1, 0.15) is 5.82 Å². The molecule has 1 aromatic carbocycles. The maximum Gasteiger partial charge on any atom is 0.206 e. The Morgan fingerprint density at radius 1 is 1.12 bits per heavy atom. The van der Waals surface area contributed by atoms with Crippen LogP contribution in [0.4, 0.5) is 5.82 Å². The molecule has 0 amide bonds. The van der Waals surface area contributed by atoms with Crippen LogP contribution in [0.25, 0.3) is 5.69 Å². The van der Waals surface area contributed by atoms with Gasteiger partial charge < -0.3 is 9.80 Å². The number of likely N-dealkylation sites (N-methyl/N-ethyl adjacent to an activating group) is 1. The van der Waals surface area contributed by atoms with Crippen LogP contribution in [0.15, 0.2) is 30.3 Å². The van der Waals surface area contributed by atoms with Crippen molar-refractivity contribution in [1.82, 2.24) is 14.5 Å². The number of rotatable bonds is 3. The lowest BCUT2D eigenvalue weighted by molar-refractivity contribution is 0.101. The fraction of sp³-hybridized carbons (Fsp3) is 0.389. The summed E-state index contributed by atoms with van der Waals surface area (Å²) >= 11 is 5.55. The number of carbonyl (C=O) groups excluding carboxylic acids is 1. The molecule has 3 rings (SSSR count). The number of piperazine rings is 1. The molecule has 0 unspecified atom stereocenters. The highest BCUT2D eigenvalue weighted by atomic mass is 32.1. The summed E-state index contributed by atoms with van der Waals surface area (Å²) in [5.41, 5.74) is 2.44. The molecule has 0 atom stereocenters. The Labute approximate surface area is 147 Å². The molecule has 24 heavy (non-hydrogen) atoms. The Balaban J connectivity index is 2.15. The summed E-state index contributed by atoms with van der Waals surface area (Å²) in [6.07, 6.45) is 0. The van der Waals surface area contributed by atoms with Gasteiger partial charge in [-0.1, -0.05) is 18.2 Å². The topological polar surface area (TPSA) is 41.4 Å². The SMILES string of the molecule is CC(=O)c1c(N2CCN(C)CC2)nc(=S)n(-c2ccccc2)c1C. The van der Waals surface area contributed by atoms with Gasteiger partial charge >= 0.3 is 0 Å². The van der Waals surface area contributed by atoms with Crippen molar-refractivity contribution in [3.63, 3.8) is 0 Å². The molecule has 5 nitrogen and oxygen atoms in total. The highest BCUT2D eigenvalue weighted by Gasteiger charge is 2.24. The summed E-state index contributed by atoms with van der Waals surface area (Å²) in [5, 5.41) is 0. The van der Waals surface area contributed by atoms with Crippen LogP contribution < -0.4 is 4.90 Å². The lowest BCUT2D eigenvalue weighted by atomic mass is 10.1. The number of ketones is 1. The predicted octanol–water partition coefficient (Wildman–Crippen LogP) is 2.86. The molecule has 1 aliphatic heterocycles. The van der Waals surface area contributed by atoms with Crippen molar-refractivity contribution in [3.05, 3.63) is 46.4 Å². The predicted molar refractivity (Wildman–Crippen MR) is 98.8 cm³/mol. The van der Waals surface area contributed by atoms with E-state index in [0.29, 0.717) is 10.3 Å². The Kier molecular flexibility index (Phi) is 4.78. The van der Waals surface area contributed by atoms with Crippen molar-refractivity contribution in [2.75, 3.05) is 38.1 Å². The van der Waals surface area contributed by atoms with Crippen molar-refractivity contribution in [3.8, 4) is 5.69 Å². The number of para-hydroxylation sites is 1. The quantitative estimate of drug-likeness (QED) is 0.634. The molecule has 1 fully saturated rings. The number of hydrogen-bond donors (Lipinski definition) is 0. The molecule has 0 aliphatic carbocycles. The zero-order valence-corrected chi connectivity index (χ0v) is 15.1. The minimum absolute atomic E-state index is 0.0219. The molecule has 1 saturated heterocycles. The standard InChI is InChI=1S/C18H22N4OS/c1-13-16(14(2)23)17(21-11-9-20(3)10-12-21)19-18(24)22(13)15-7-5-4-6-8-15/h4-8H,9-12H2,1-3H3. The average molecular weight is 342 g/mol. The Hall–Kier alpha value is -2.05. The van der Waals surface area contributed by atoms with Gasteiger partial charge in [0.05, 0.1) is 5.56 Å². The molecular formula is C18H22N4OS. The van der Waals surface area contributed by atoms with Crippen molar-refractivity contribution in [2.45, 2.75) is 13.8 Å². The van der Waals surface area contributed by atoms with Gasteiger partial charge in [-0.2, -0.15) is 0 Å². The van der Waals surface area contributed by atoms with Gasteiger partial charge in [0.15, 0.2) is 5.78 Å². The van der Waals surface area contributed by atoms with Crippen molar-refractivity contribution in [2.24, 2.45) is 0 Å². The number of Topliss-reactive ketones (excluding diaryl/α,β-unsaturated/α-hetero) is 1. The summed E-state index contributed by atoms with van der Waals surface area (Å²) in [4.78, 5) is 21.5. The molecule has 0 bridgehead atoms. The van der Waals surface area contributed by atoms with Crippen LogP contribution in [0.2, 0.25) is 0 Å². The Morgan fingerprint density at radius 3 is 2.33 bits per heavy atom. The third kappa shape index (κ3) is 3.12.